The molecule has 1 rings (SSSR count). The number of hydrogen-bond donors (Lipinski definition) is 4. The highest BCUT2D eigenvalue weighted by molar-refractivity contribution is 7.89. The summed E-state index contributed by atoms with van der Waals surface area (Å²) in [5.74, 6) is -1.02. The van der Waals surface area contributed by atoms with Gasteiger partial charge in [0.15, 0.2) is 0 Å². The quantitative estimate of drug-likeness (QED) is 0.365. The number of nitrogens with two attached hydrogens (primary N) is 2. The van der Waals surface area contributed by atoms with Crippen molar-refractivity contribution in [2.75, 3.05) is 18.8 Å². The summed E-state index contributed by atoms with van der Waals surface area (Å²) in [5.41, 5.74) is 11.1. The van der Waals surface area contributed by atoms with E-state index in [9.17, 15) is 23.4 Å². The van der Waals surface area contributed by atoms with E-state index in [1.54, 1.807) is 0 Å². The van der Waals surface area contributed by atoms with Crippen LogP contribution in [-0.2, 0) is 14.8 Å². The van der Waals surface area contributed by atoms with Gasteiger partial charge in [0.05, 0.1) is 24.5 Å². The summed E-state index contributed by atoms with van der Waals surface area (Å²) in [5, 5.41) is 20.5. The van der Waals surface area contributed by atoms with Crippen LogP contribution in [0, 0.1) is 5.92 Å². The van der Waals surface area contributed by atoms with Crippen molar-refractivity contribution in [3.63, 3.8) is 0 Å². The van der Waals surface area contributed by atoms with Crippen LogP contribution in [0.2, 0.25) is 0 Å². The monoisotopic (exact) mass is 393 g/mol. The number of sulfonamides is 1. The van der Waals surface area contributed by atoms with Gasteiger partial charge in [-0.15, -0.1) is 0 Å². The Hall–Kier alpha value is -0.740. The molecule has 26 heavy (non-hydrogen) atoms. The second-order valence-electron chi connectivity index (χ2n) is 7.39. The van der Waals surface area contributed by atoms with Gasteiger partial charge < -0.3 is 21.7 Å². The lowest BCUT2D eigenvalue weighted by Gasteiger charge is -2.30. The molecule has 0 spiro atoms. The normalized spacial score (nSPS) is 20.0. The van der Waals surface area contributed by atoms with Crippen LogP contribution in [0.15, 0.2) is 0 Å². The van der Waals surface area contributed by atoms with E-state index in [1.165, 1.54) is 6.42 Å². The van der Waals surface area contributed by atoms with E-state index < -0.39 is 46.5 Å². The second kappa shape index (κ2) is 11.2. The van der Waals surface area contributed by atoms with Crippen LogP contribution in [0.4, 0.5) is 0 Å². The molecule has 0 bridgehead atoms. The average molecular weight is 394 g/mol. The van der Waals surface area contributed by atoms with Crippen molar-refractivity contribution in [3.05, 3.63) is 0 Å². The molecule has 9 heteroatoms. The summed E-state index contributed by atoms with van der Waals surface area (Å²) in [4.78, 5) is 11.2. The summed E-state index contributed by atoms with van der Waals surface area (Å²) in [6.07, 6.45) is 4.67. The maximum absolute atomic E-state index is 12.5. The van der Waals surface area contributed by atoms with E-state index in [4.69, 9.17) is 11.5 Å². The van der Waals surface area contributed by atoms with E-state index in [1.807, 2.05) is 6.92 Å². The Labute approximate surface area is 157 Å². The Kier molecular flexibility index (Phi) is 10.0. The smallest absolute Gasteiger partial charge is 0.232 e. The minimum absolute atomic E-state index is 0.152. The van der Waals surface area contributed by atoms with Crippen LogP contribution in [0.25, 0.3) is 0 Å². The van der Waals surface area contributed by atoms with Gasteiger partial charge in [0.1, 0.15) is 0 Å². The van der Waals surface area contributed by atoms with Gasteiger partial charge in [0, 0.05) is 12.6 Å². The van der Waals surface area contributed by atoms with Gasteiger partial charge in [-0.2, -0.15) is 4.31 Å². The first kappa shape index (κ1) is 23.3. The molecular formula is C17H35N3O5S. The van der Waals surface area contributed by atoms with Crippen LogP contribution in [0.3, 0.4) is 0 Å². The highest BCUT2D eigenvalue weighted by atomic mass is 32.2. The molecule has 0 aromatic heterocycles. The van der Waals surface area contributed by atoms with Gasteiger partial charge in [-0.1, -0.05) is 45.4 Å². The average Bonchev–Trinajstić information content (AvgIpc) is 2.57. The molecule has 0 radical (unpaired) electrons. The van der Waals surface area contributed by atoms with Crippen molar-refractivity contribution in [2.45, 2.75) is 76.5 Å². The first-order valence-corrected chi connectivity index (χ1v) is 11.2. The Bertz CT molecular complexity index is 522. The largest absolute Gasteiger partial charge is 0.389 e. The molecule has 1 fully saturated rings. The minimum atomic E-state index is -3.93. The molecule has 6 N–H and O–H groups in total. The van der Waals surface area contributed by atoms with Gasteiger partial charge in [0.2, 0.25) is 15.9 Å². The fourth-order valence-electron chi connectivity index (χ4n) is 3.48. The molecule has 3 atom stereocenters. The number of aliphatic hydroxyl groups excluding tert-OH is 2. The van der Waals surface area contributed by atoms with Gasteiger partial charge in [-0.25, -0.2) is 8.42 Å². The lowest BCUT2D eigenvalue weighted by Crippen LogP contribution is -2.49. The van der Waals surface area contributed by atoms with Crippen molar-refractivity contribution >= 4 is 15.9 Å². The Morgan fingerprint density at radius 3 is 2.38 bits per heavy atom. The third-order valence-electron chi connectivity index (χ3n) is 5.03. The molecule has 154 valence electrons. The van der Waals surface area contributed by atoms with Gasteiger partial charge >= 0.3 is 0 Å². The highest BCUT2D eigenvalue weighted by Crippen LogP contribution is 2.28. The first-order chi connectivity index (χ1) is 12.2. The SMILES string of the molecule is CCCCN(CC(N)=O)S(=O)(=O)C[C@H](O)[C@H](O)[C@@H](N)CC1CCCCC1. The van der Waals surface area contributed by atoms with E-state index in [-0.39, 0.29) is 6.54 Å². The van der Waals surface area contributed by atoms with Crippen molar-refractivity contribution in [1.29, 1.82) is 0 Å². The molecule has 0 aromatic rings. The van der Waals surface area contributed by atoms with E-state index in [0.29, 0.717) is 18.8 Å². The van der Waals surface area contributed by atoms with Crippen LogP contribution < -0.4 is 11.5 Å². The van der Waals surface area contributed by atoms with Crippen molar-refractivity contribution in [1.82, 2.24) is 4.31 Å². The number of carbonyl (C=O) groups is 1. The number of primary amides is 1. The van der Waals surface area contributed by atoms with E-state index in [2.05, 4.69) is 0 Å². The van der Waals surface area contributed by atoms with Crippen LogP contribution in [-0.4, -0.2) is 65.9 Å². The summed E-state index contributed by atoms with van der Waals surface area (Å²) in [7, 11) is -3.93. The molecule has 0 heterocycles. The zero-order valence-electron chi connectivity index (χ0n) is 15.7. The lowest BCUT2D eigenvalue weighted by molar-refractivity contribution is -0.118. The zero-order valence-corrected chi connectivity index (χ0v) is 16.5. The number of nitrogens with zero attached hydrogens (tertiary/aromatic N) is 1. The number of rotatable bonds is 12. The summed E-state index contributed by atoms with van der Waals surface area (Å²) >= 11 is 0. The summed E-state index contributed by atoms with van der Waals surface area (Å²) in [6, 6.07) is -0.677. The van der Waals surface area contributed by atoms with Gasteiger partial charge in [-0.05, 0) is 18.8 Å². The third kappa shape index (κ3) is 7.87. The highest BCUT2D eigenvalue weighted by Gasteiger charge is 2.33. The van der Waals surface area contributed by atoms with Crippen LogP contribution in [0.1, 0.15) is 58.3 Å². The Morgan fingerprint density at radius 1 is 1.23 bits per heavy atom. The maximum Gasteiger partial charge on any atom is 0.232 e. The number of aliphatic hydroxyl groups is 2. The molecule has 1 aliphatic rings. The predicted octanol–water partition coefficient (Wildman–Crippen LogP) is -0.0769. The van der Waals surface area contributed by atoms with Crippen LogP contribution >= 0.6 is 0 Å². The molecule has 1 amide bonds. The zero-order chi connectivity index (χ0) is 19.7. The van der Waals surface area contributed by atoms with Gasteiger partial charge in [-0.3, -0.25) is 4.79 Å². The summed E-state index contributed by atoms with van der Waals surface area (Å²) < 4.78 is 26.0. The molecule has 1 aliphatic carbocycles. The molecule has 1 saturated carbocycles. The number of hydrogen-bond acceptors (Lipinski definition) is 6. The molecular weight excluding hydrogens is 358 g/mol. The second-order valence-corrected chi connectivity index (χ2v) is 9.41. The van der Waals surface area contributed by atoms with Gasteiger partial charge in [0.25, 0.3) is 0 Å². The van der Waals surface area contributed by atoms with Crippen molar-refractivity contribution in [3.8, 4) is 0 Å². The third-order valence-corrected chi connectivity index (χ3v) is 6.89. The molecule has 0 unspecified atom stereocenters. The van der Waals surface area contributed by atoms with Crippen molar-refractivity contribution in [2.24, 2.45) is 17.4 Å². The first-order valence-electron chi connectivity index (χ1n) is 9.55. The lowest BCUT2D eigenvalue weighted by atomic mass is 9.83. The number of amides is 1. The molecule has 0 saturated heterocycles. The predicted molar refractivity (Wildman–Crippen MR) is 101 cm³/mol. The maximum atomic E-state index is 12.5. The fraction of sp³-hybridized carbons (Fsp3) is 0.941. The molecule has 0 aliphatic heterocycles. The standard InChI is InChI=1S/C17H35N3O5S/c1-2-3-9-20(11-16(19)22)26(24,25)12-15(21)17(23)14(18)10-13-7-5-4-6-8-13/h13-15,17,21,23H,2-12,18H2,1H3,(H2,19,22)/t14-,15-,17+/m0/s1. The van der Waals surface area contributed by atoms with Crippen molar-refractivity contribution < 1.29 is 23.4 Å². The number of unbranched alkanes of at least 4 members (excludes halogenated alkanes) is 1. The Balaban J connectivity index is 2.64. The van der Waals surface area contributed by atoms with E-state index in [0.717, 1.165) is 36.4 Å². The topological polar surface area (TPSA) is 147 Å². The molecule has 0 aromatic carbocycles. The number of carbonyl (C=O) groups excluding carboxylic acids is 1. The molecule has 8 nitrogen and oxygen atoms in total. The fourth-order valence-corrected chi connectivity index (χ4v) is 5.05. The minimum Gasteiger partial charge on any atom is -0.389 e. The van der Waals surface area contributed by atoms with Crippen LogP contribution in [0.5, 0.6) is 0 Å². The van der Waals surface area contributed by atoms with E-state index >= 15 is 0 Å². The summed E-state index contributed by atoms with van der Waals surface area (Å²) in [6.45, 7) is 1.62. The Morgan fingerprint density at radius 2 is 1.85 bits per heavy atom.